The summed E-state index contributed by atoms with van der Waals surface area (Å²) in [6.45, 7) is 10.2. The lowest BCUT2D eigenvalue weighted by molar-refractivity contribution is 0.0746. The molecule has 1 saturated heterocycles. The van der Waals surface area contributed by atoms with E-state index >= 15 is 0 Å². The van der Waals surface area contributed by atoms with Gasteiger partial charge in [0, 0.05) is 13.1 Å². The Morgan fingerprint density at radius 1 is 1.25 bits per heavy atom. The quantitative estimate of drug-likeness (QED) is 0.356. The Kier molecular flexibility index (Phi) is 8.41. The summed E-state index contributed by atoms with van der Waals surface area (Å²) in [6.07, 6.45) is 15.2. The molecule has 3 rings (SSSR count). The molecule has 1 atom stereocenters. The molecule has 5 heteroatoms. The monoisotopic (exact) mass is 440 g/mol. The number of hydrazine groups is 1. The van der Waals surface area contributed by atoms with E-state index in [0.717, 1.165) is 70.0 Å². The van der Waals surface area contributed by atoms with Gasteiger partial charge in [0.2, 0.25) is 0 Å². The Balaban J connectivity index is 1.88. The number of phenols is 1. The van der Waals surface area contributed by atoms with E-state index in [9.17, 15) is 9.90 Å². The number of allylic oxidation sites excluding steroid dienone is 2. The van der Waals surface area contributed by atoms with E-state index in [4.69, 9.17) is 4.74 Å². The third kappa shape index (κ3) is 6.16. The fourth-order valence-corrected chi connectivity index (χ4v) is 4.50. The molecule has 0 aliphatic carbocycles. The van der Waals surface area contributed by atoms with Gasteiger partial charge < -0.3 is 9.84 Å². The Morgan fingerprint density at radius 3 is 2.69 bits per heavy atom. The number of unbranched alkanes of at least 4 members (excludes halogenated alkanes) is 2. The molecule has 1 unspecified atom stereocenters. The molecule has 1 aromatic rings. The van der Waals surface area contributed by atoms with Gasteiger partial charge in [-0.25, -0.2) is 5.01 Å². The van der Waals surface area contributed by atoms with Gasteiger partial charge in [0.25, 0.3) is 5.91 Å². The van der Waals surface area contributed by atoms with Crippen molar-refractivity contribution in [1.29, 1.82) is 0 Å². The number of benzene rings is 1. The van der Waals surface area contributed by atoms with Gasteiger partial charge in [-0.3, -0.25) is 10.2 Å². The first-order valence-corrected chi connectivity index (χ1v) is 12.3. The third-order valence-electron chi connectivity index (χ3n) is 6.42. The number of amides is 1. The van der Waals surface area contributed by atoms with Gasteiger partial charge in [0.15, 0.2) is 0 Å². The van der Waals surface area contributed by atoms with Crippen molar-refractivity contribution in [1.82, 2.24) is 10.4 Å². The molecule has 1 aromatic carbocycles. The lowest BCUT2D eigenvalue weighted by Gasteiger charge is -2.33. The van der Waals surface area contributed by atoms with E-state index in [-0.39, 0.29) is 11.7 Å². The van der Waals surface area contributed by atoms with E-state index in [1.165, 1.54) is 12.0 Å². The Morgan fingerprint density at radius 2 is 2.00 bits per heavy atom. The van der Waals surface area contributed by atoms with Crippen LogP contribution in [0.4, 0.5) is 0 Å². The predicted octanol–water partition coefficient (Wildman–Crippen LogP) is 6.17. The van der Waals surface area contributed by atoms with Crippen LogP contribution in [-0.2, 0) is 6.42 Å². The molecule has 2 aliphatic rings. The number of nitrogens with one attached hydrogen (secondary N) is 1. The second-order valence-corrected chi connectivity index (χ2v) is 9.69. The van der Waals surface area contributed by atoms with Crippen molar-refractivity contribution in [2.24, 2.45) is 0 Å². The molecule has 176 valence electrons. The van der Waals surface area contributed by atoms with Gasteiger partial charge in [0.1, 0.15) is 17.1 Å². The van der Waals surface area contributed by atoms with Crippen LogP contribution in [0.2, 0.25) is 0 Å². The Hall–Kier alpha value is -2.27. The molecule has 0 saturated carbocycles. The number of fused-ring (bicyclic) bond motifs is 1. The lowest BCUT2D eigenvalue weighted by Crippen LogP contribution is -2.45. The highest BCUT2D eigenvalue weighted by atomic mass is 16.5. The van der Waals surface area contributed by atoms with Crippen LogP contribution in [0.3, 0.4) is 0 Å². The van der Waals surface area contributed by atoms with Crippen LogP contribution in [0.1, 0.15) is 101 Å². The molecule has 0 spiro atoms. The van der Waals surface area contributed by atoms with Crippen molar-refractivity contribution in [3.05, 3.63) is 40.5 Å². The highest BCUT2D eigenvalue weighted by molar-refractivity contribution is 6.00. The molecule has 1 amide bonds. The van der Waals surface area contributed by atoms with E-state index < -0.39 is 5.60 Å². The van der Waals surface area contributed by atoms with Crippen LogP contribution in [-0.4, -0.2) is 34.7 Å². The average molecular weight is 441 g/mol. The van der Waals surface area contributed by atoms with E-state index in [1.807, 2.05) is 23.2 Å². The Labute approximate surface area is 193 Å². The van der Waals surface area contributed by atoms with Crippen molar-refractivity contribution in [3.8, 4) is 11.5 Å². The van der Waals surface area contributed by atoms with Crippen LogP contribution in [0.25, 0.3) is 6.08 Å². The van der Waals surface area contributed by atoms with Crippen LogP contribution in [0, 0.1) is 0 Å². The van der Waals surface area contributed by atoms with Gasteiger partial charge in [-0.05, 0) is 83.1 Å². The highest BCUT2D eigenvalue weighted by Crippen LogP contribution is 2.42. The molecule has 0 aromatic heterocycles. The first-order chi connectivity index (χ1) is 15.3. The van der Waals surface area contributed by atoms with E-state index in [2.05, 4.69) is 39.2 Å². The topological polar surface area (TPSA) is 61.8 Å². The SMILES string of the molecule is CCCCCc1cc2c(c(O)c1C(=O)NN1CCCCC1)C=CC(C)(CCC=C(C)C)O2. The number of nitrogens with zero attached hydrogens (tertiary/aromatic N) is 1. The Bertz CT molecular complexity index is 864. The zero-order valence-corrected chi connectivity index (χ0v) is 20.3. The summed E-state index contributed by atoms with van der Waals surface area (Å²) in [6, 6.07) is 1.98. The first-order valence-electron chi connectivity index (χ1n) is 12.3. The molecule has 2 aliphatic heterocycles. The predicted molar refractivity (Wildman–Crippen MR) is 131 cm³/mol. The molecule has 0 bridgehead atoms. The minimum atomic E-state index is -0.427. The summed E-state index contributed by atoms with van der Waals surface area (Å²) in [4.78, 5) is 13.2. The largest absolute Gasteiger partial charge is 0.506 e. The maximum atomic E-state index is 13.2. The maximum Gasteiger partial charge on any atom is 0.269 e. The summed E-state index contributed by atoms with van der Waals surface area (Å²) in [7, 11) is 0. The second-order valence-electron chi connectivity index (χ2n) is 9.69. The van der Waals surface area contributed by atoms with Gasteiger partial charge in [0.05, 0.1) is 11.1 Å². The van der Waals surface area contributed by atoms with Gasteiger partial charge >= 0.3 is 0 Å². The minimum Gasteiger partial charge on any atom is -0.506 e. The van der Waals surface area contributed by atoms with Gasteiger partial charge in [-0.2, -0.15) is 0 Å². The number of ether oxygens (including phenoxy) is 1. The smallest absolute Gasteiger partial charge is 0.269 e. The normalized spacial score (nSPS) is 20.4. The number of aryl methyl sites for hydroxylation is 1. The van der Waals surface area contributed by atoms with Crippen molar-refractivity contribution < 1.29 is 14.6 Å². The number of phenolic OH excluding ortho intramolecular Hbond substituents is 1. The van der Waals surface area contributed by atoms with Crippen molar-refractivity contribution in [2.75, 3.05) is 13.1 Å². The van der Waals surface area contributed by atoms with Crippen LogP contribution in [0.15, 0.2) is 23.8 Å². The molecule has 32 heavy (non-hydrogen) atoms. The number of carbonyl (C=O) groups is 1. The zero-order chi connectivity index (χ0) is 23.1. The van der Waals surface area contributed by atoms with Gasteiger partial charge in [-0.15, -0.1) is 0 Å². The fraction of sp³-hybridized carbons (Fsp3) is 0.593. The molecule has 2 N–H and O–H groups in total. The average Bonchev–Trinajstić information content (AvgIpc) is 2.74. The van der Waals surface area contributed by atoms with Crippen molar-refractivity contribution >= 4 is 12.0 Å². The van der Waals surface area contributed by atoms with Crippen LogP contribution >= 0.6 is 0 Å². The molecule has 0 radical (unpaired) electrons. The number of hydrogen-bond acceptors (Lipinski definition) is 4. The number of hydrogen-bond donors (Lipinski definition) is 2. The lowest BCUT2D eigenvalue weighted by atomic mass is 9.91. The summed E-state index contributed by atoms with van der Waals surface area (Å²) >= 11 is 0. The minimum absolute atomic E-state index is 0.0334. The molecular weight excluding hydrogens is 400 g/mol. The zero-order valence-electron chi connectivity index (χ0n) is 20.3. The summed E-state index contributed by atoms with van der Waals surface area (Å²) in [5, 5.41) is 13.2. The summed E-state index contributed by atoms with van der Waals surface area (Å²) in [5.74, 6) is 0.487. The van der Waals surface area contributed by atoms with Crippen molar-refractivity contribution in [2.45, 2.75) is 91.1 Å². The molecule has 5 nitrogen and oxygen atoms in total. The summed E-state index contributed by atoms with van der Waals surface area (Å²) in [5.41, 5.74) is 5.77. The second kappa shape index (κ2) is 11.0. The standard InChI is InChI=1S/C27H40N2O3/c1-5-6-8-13-21-19-23-22(14-16-27(4,32-23)15-11-12-20(2)3)25(30)24(21)26(31)28-29-17-9-7-10-18-29/h12,14,16,19,30H,5-11,13,15,17-18H2,1-4H3,(H,28,31). The maximum absolute atomic E-state index is 13.2. The van der Waals surface area contributed by atoms with E-state index in [0.29, 0.717) is 16.9 Å². The summed E-state index contributed by atoms with van der Waals surface area (Å²) < 4.78 is 6.40. The van der Waals surface area contributed by atoms with Crippen LogP contribution in [0.5, 0.6) is 11.5 Å². The third-order valence-corrected chi connectivity index (χ3v) is 6.42. The van der Waals surface area contributed by atoms with Gasteiger partial charge in [-0.1, -0.05) is 37.8 Å². The number of rotatable bonds is 9. The molecule has 2 heterocycles. The molecular formula is C27H40N2O3. The molecule has 1 fully saturated rings. The first kappa shape index (κ1) is 24.4. The number of aromatic hydroxyl groups is 1. The highest BCUT2D eigenvalue weighted by Gasteiger charge is 2.31. The van der Waals surface area contributed by atoms with E-state index in [1.54, 1.807) is 0 Å². The van der Waals surface area contributed by atoms with Crippen LogP contribution < -0.4 is 10.2 Å². The van der Waals surface area contributed by atoms with Crippen molar-refractivity contribution in [3.63, 3.8) is 0 Å². The number of carbonyl (C=O) groups excluding carboxylic acids is 1. The fourth-order valence-electron chi connectivity index (χ4n) is 4.50. The number of piperidine rings is 1.